The highest BCUT2D eigenvalue weighted by molar-refractivity contribution is 6.31. The van der Waals surface area contributed by atoms with Crippen molar-refractivity contribution < 1.29 is 14.1 Å². The first-order valence-electron chi connectivity index (χ1n) is 7.84. The van der Waals surface area contributed by atoms with Crippen LogP contribution in [0.1, 0.15) is 21.7 Å². The van der Waals surface area contributed by atoms with Crippen molar-refractivity contribution in [3.05, 3.63) is 99.0 Å². The molecule has 1 aromatic heterocycles. The van der Waals surface area contributed by atoms with Crippen LogP contribution in [0.4, 0.5) is 5.69 Å². The number of para-hydroxylation sites is 1. The van der Waals surface area contributed by atoms with Crippen molar-refractivity contribution in [2.45, 2.75) is 13.1 Å². The lowest BCUT2D eigenvalue weighted by Crippen LogP contribution is -2.30. The van der Waals surface area contributed by atoms with E-state index in [2.05, 4.69) is 0 Å². The number of carbonyl (C=O) groups is 1. The minimum Gasteiger partial charge on any atom is -0.467 e. The SMILES string of the molecule is O=C(c1ccccc1[N+](=O)[O-])N(Cc1ccco1)Cc1ccccc1Cl. The zero-order valence-electron chi connectivity index (χ0n) is 13.7. The highest BCUT2D eigenvalue weighted by atomic mass is 35.5. The summed E-state index contributed by atoms with van der Waals surface area (Å²) in [5, 5.41) is 11.8. The number of hydrogen-bond acceptors (Lipinski definition) is 4. The average molecular weight is 371 g/mol. The summed E-state index contributed by atoms with van der Waals surface area (Å²) >= 11 is 6.21. The fourth-order valence-corrected chi connectivity index (χ4v) is 2.80. The first kappa shape index (κ1) is 17.7. The maximum Gasteiger partial charge on any atom is 0.282 e. The molecule has 2 aromatic carbocycles. The van der Waals surface area contributed by atoms with Gasteiger partial charge in [-0.2, -0.15) is 0 Å². The fraction of sp³-hybridized carbons (Fsp3) is 0.105. The topological polar surface area (TPSA) is 76.6 Å². The summed E-state index contributed by atoms with van der Waals surface area (Å²) < 4.78 is 5.33. The molecule has 0 saturated carbocycles. The summed E-state index contributed by atoms with van der Waals surface area (Å²) in [5.41, 5.74) is 0.532. The molecule has 0 aliphatic heterocycles. The van der Waals surface area contributed by atoms with Crippen LogP contribution in [0.2, 0.25) is 5.02 Å². The molecule has 0 N–H and O–H groups in total. The minimum absolute atomic E-state index is 0.0242. The second-order valence-electron chi connectivity index (χ2n) is 5.61. The van der Waals surface area contributed by atoms with Gasteiger partial charge in [-0.25, -0.2) is 0 Å². The first-order chi connectivity index (χ1) is 12.6. The quantitative estimate of drug-likeness (QED) is 0.466. The normalized spacial score (nSPS) is 10.5. The Morgan fingerprint density at radius 1 is 1.04 bits per heavy atom. The maximum atomic E-state index is 13.0. The summed E-state index contributed by atoms with van der Waals surface area (Å²) in [6.45, 7) is 0.369. The van der Waals surface area contributed by atoms with Crippen LogP contribution in [0, 0.1) is 10.1 Å². The number of amides is 1. The number of hydrogen-bond donors (Lipinski definition) is 0. The van der Waals surface area contributed by atoms with E-state index in [0.717, 1.165) is 5.56 Å². The van der Waals surface area contributed by atoms with Gasteiger partial charge in [-0.15, -0.1) is 0 Å². The number of benzene rings is 2. The Hall–Kier alpha value is -3.12. The van der Waals surface area contributed by atoms with Gasteiger partial charge in [0.25, 0.3) is 11.6 Å². The molecule has 6 nitrogen and oxygen atoms in total. The highest BCUT2D eigenvalue weighted by Crippen LogP contribution is 2.24. The lowest BCUT2D eigenvalue weighted by Gasteiger charge is -2.22. The Morgan fingerprint density at radius 3 is 2.46 bits per heavy atom. The van der Waals surface area contributed by atoms with Crippen LogP contribution in [0.15, 0.2) is 71.3 Å². The number of nitrogens with zero attached hydrogens (tertiary/aromatic N) is 2. The van der Waals surface area contributed by atoms with Crippen LogP contribution in [-0.4, -0.2) is 15.7 Å². The Labute approximate surface area is 154 Å². The molecule has 0 aliphatic rings. The van der Waals surface area contributed by atoms with Gasteiger partial charge in [0.1, 0.15) is 11.3 Å². The number of nitro benzene ring substituents is 1. The average Bonchev–Trinajstić information content (AvgIpc) is 3.15. The van der Waals surface area contributed by atoms with Crippen molar-refractivity contribution in [3.8, 4) is 0 Å². The second kappa shape index (κ2) is 7.84. The number of furan rings is 1. The summed E-state index contributed by atoms with van der Waals surface area (Å²) in [6, 6.07) is 16.5. The van der Waals surface area contributed by atoms with Crippen LogP contribution in [0.3, 0.4) is 0 Å². The molecule has 0 saturated heterocycles. The van der Waals surface area contributed by atoms with E-state index >= 15 is 0 Å². The standard InChI is InChI=1S/C19H15ClN2O4/c20-17-9-3-1-6-14(17)12-21(13-15-7-5-11-26-15)19(23)16-8-2-4-10-18(16)22(24)25/h1-11H,12-13H2. The Bertz CT molecular complexity index is 925. The van der Waals surface area contributed by atoms with E-state index in [-0.39, 0.29) is 24.3 Å². The third-order valence-corrected chi connectivity index (χ3v) is 4.23. The molecule has 7 heteroatoms. The molecule has 0 spiro atoms. The molecule has 0 radical (unpaired) electrons. The van der Waals surface area contributed by atoms with Gasteiger partial charge in [-0.3, -0.25) is 14.9 Å². The molecule has 0 unspecified atom stereocenters. The number of rotatable bonds is 6. The molecule has 0 bridgehead atoms. The highest BCUT2D eigenvalue weighted by Gasteiger charge is 2.25. The number of carbonyl (C=O) groups excluding carboxylic acids is 1. The Morgan fingerprint density at radius 2 is 1.77 bits per heavy atom. The number of nitro groups is 1. The van der Waals surface area contributed by atoms with Gasteiger partial charge in [0, 0.05) is 17.6 Å². The van der Waals surface area contributed by atoms with Gasteiger partial charge in [-0.05, 0) is 29.8 Å². The largest absolute Gasteiger partial charge is 0.467 e. The van der Waals surface area contributed by atoms with Crippen LogP contribution in [0.5, 0.6) is 0 Å². The summed E-state index contributed by atoms with van der Waals surface area (Å²) in [5.74, 6) is 0.109. The van der Waals surface area contributed by atoms with Gasteiger partial charge in [-0.1, -0.05) is 41.9 Å². The van der Waals surface area contributed by atoms with E-state index in [9.17, 15) is 14.9 Å². The predicted octanol–water partition coefficient (Wildman–Crippen LogP) is 4.68. The molecule has 132 valence electrons. The predicted molar refractivity (Wildman–Crippen MR) is 96.8 cm³/mol. The van der Waals surface area contributed by atoms with Crippen LogP contribution in [0.25, 0.3) is 0 Å². The monoisotopic (exact) mass is 370 g/mol. The van der Waals surface area contributed by atoms with Gasteiger partial charge in [0.2, 0.25) is 0 Å². The second-order valence-corrected chi connectivity index (χ2v) is 6.01. The molecule has 26 heavy (non-hydrogen) atoms. The van der Waals surface area contributed by atoms with Crippen LogP contribution < -0.4 is 0 Å². The van der Waals surface area contributed by atoms with Crippen LogP contribution >= 0.6 is 11.6 Å². The lowest BCUT2D eigenvalue weighted by molar-refractivity contribution is -0.385. The molecular weight excluding hydrogens is 356 g/mol. The molecule has 0 atom stereocenters. The molecule has 0 fully saturated rings. The maximum absolute atomic E-state index is 13.0. The minimum atomic E-state index is -0.562. The van der Waals surface area contributed by atoms with Gasteiger partial charge in [0.15, 0.2) is 0 Å². The van der Waals surface area contributed by atoms with E-state index in [4.69, 9.17) is 16.0 Å². The van der Waals surface area contributed by atoms with E-state index in [1.54, 1.807) is 30.3 Å². The Kier molecular flexibility index (Phi) is 5.34. The fourth-order valence-electron chi connectivity index (χ4n) is 2.61. The third kappa shape index (κ3) is 3.92. The van der Waals surface area contributed by atoms with Gasteiger partial charge < -0.3 is 9.32 Å². The van der Waals surface area contributed by atoms with Crippen LogP contribution in [-0.2, 0) is 13.1 Å². The molecule has 1 amide bonds. The zero-order valence-corrected chi connectivity index (χ0v) is 14.4. The van der Waals surface area contributed by atoms with Crippen molar-refractivity contribution >= 4 is 23.2 Å². The van der Waals surface area contributed by atoms with Crippen molar-refractivity contribution in [2.24, 2.45) is 0 Å². The number of halogens is 1. The summed E-state index contributed by atoms with van der Waals surface area (Å²) in [7, 11) is 0. The van der Waals surface area contributed by atoms with E-state index in [1.165, 1.54) is 29.4 Å². The van der Waals surface area contributed by atoms with E-state index in [0.29, 0.717) is 10.8 Å². The van der Waals surface area contributed by atoms with Crippen molar-refractivity contribution in [3.63, 3.8) is 0 Å². The van der Waals surface area contributed by atoms with Crippen molar-refractivity contribution in [1.29, 1.82) is 0 Å². The molecule has 0 aliphatic carbocycles. The summed E-state index contributed by atoms with van der Waals surface area (Å²) in [4.78, 5) is 25.2. The van der Waals surface area contributed by atoms with Gasteiger partial charge in [0.05, 0.1) is 17.7 Å². The summed E-state index contributed by atoms with van der Waals surface area (Å²) in [6.07, 6.45) is 1.51. The first-order valence-corrected chi connectivity index (χ1v) is 8.22. The van der Waals surface area contributed by atoms with Crippen molar-refractivity contribution in [1.82, 2.24) is 4.90 Å². The lowest BCUT2D eigenvalue weighted by atomic mass is 10.1. The Balaban J connectivity index is 1.96. The van der Waals surface area contributed by atoms with E-state index in [1.807, 2.05) is 12.1 Å². The molecule has 1 heterocycles. The van der Waals surface area contributed by atoms with E-state index < -0.39 is 10.8 Å². The molecule has 3 rings (SSSR count). The van der Waals surface area contributed by atoms with Gasteiger partial charge >= 0.3 is 0 Å². The molecular formula is C19H15ClN2O4. The smallest absolute Gasteiger partial charge is 0.282 e. The zero-order chi connectivity index (χ0) is 18.5. The third-order valence-electron chi connectivity index (χ3n) is 3.86. The molecule has 3 aromatic rings. The van der Waals surface area contributed by atoms with Crippen molar-refractivity contribution in [2.75, 3.05) is 0 Å².